The quantitative estimate of drug-likeness (QED) is 0.708. The number of hydrogen-bond donors (Lipinski definition) is 1. The Morgan fingerprint density at radius 2 is 1.73 bits per heavy atom. The molecule has 140 valence electrons. The molecule has 2 atom stereocenters. The van der Waals surface area contributed by atoms with Crippen LogP contribution < -0.4 is 10.1 Å². The van der Waals surface area contributed by atoms with Gasteiger partial charge < -0.3 is 10.1 Å². The predicted octanol–water partition coefficient (Wildman–Crippen LogP) is 5.67. The van der Waals surface area contributed by atoms with Crippen molar-refractivity contribution in [1.29, 1.82) is 0 Å². The van der Waals surface area contributed by atoms with Crippen molar-refractivity contribution in [3.05, 3.63) is 64.7 Å². The lowest BCUT2D eigenvalue weighted by Crippen LogP contribution is -2.39. The summed E-state index contributed by atoms with van der Waals surface area (Å²) in [5.74, 6) is 0.387. The van der Waals surface area contributed by atoms with E-state index in [4.69, 9.17) is 16.3 Å². The van der Waals surface area contributed by atoms with Crippen LogP contribution in [0.5, 0.6) is 5.75 Å². The van der Waals surface area contributed by atoms with Gasteiger partial charge in [0.05, 0.1) is 11.1 Å². The van der Waals surface area contributed by atoms with Crippen LogP contribution in [-0.2, 0) is 10.2 Å². The summed E-state index contributed by atoms with van der Waals surface area (Å²) in [6.07, 6.45) is -0.0154. The molecule has 0 unspecified atom stereocenters. The van der Waals surface area contributed by atoms with Gasteiger partial charge >= 0.3 is 0 Å². The summed E-state index contributed by atoms with van der Waals surface area (Å²) < 4.78 is 5.81. The Labute approximate surface area is 161 Å². The van der Waals surface area contributed by atoms with Crippen LogP contribution in [0.2, 0.25) is 5.02 Å². The molecule has 2 aromatic rings. The van der Waals surface area contributed by atoms with Crippen molar-refractivity contribution in [2.24, 2.45) is 0 Å². The second-order valence-electron chi connectivity index (χ2n) is 7.55. The van der Waals surface area contributed by atoms with Gasteiger partial charge in [-0.25, -0.2) is 0 Å². The van der Waals surface area contributed by atoms with E-state index in [1.54, 1.807) is 12.1 Å². The van der Waals surface area contributed by atoms with E-state index in [0.717, 1.165) is 5.56 Å². The van der Waals surface area contributed by atoms with Crippen molar-refractivity contribution in [3.63, 3.8) is 0 Å². The van der Waals surface area contributed by atoms with Gasteiger partial charge in [-0.2, -0.15) is 0 Å². The number of halogens is 1. The molecule has 1 N–H and O–H groups in total. The molecule has 0 bridgehead atoms. The maximum absolute atomic E-state index is 12.6. The normalized spacial score (nSPS) is 13.8. The van der Waals surface area contributed by atoms with Crippen molar-refractivity contribution in [1.82, 2.24) is 5.32 Å². The number of benzene rings is 2. The fourth-order valence-electron chi connectivity index (χ4n) is 2.68. The molecule has 4 heteroatoms. The Morgan fingerprint density at radius 1 is 1.12 bits per heavy atom. The van der Waals surface area contributed by atoms with E-state index in [-0.39, 0.29) is 17.4 Å². The predicted molar refractivity (Wildman–Crippen MR) is 108 cm³/mol. The van der Waals surface area contributed by atoms with Gasteiger partial charge in [-0.05, 0) is 42.0 Å². The van der Waals surface area contributed by atoms with Crippen molar-refractivity contribution in [3.8, 4) is 5.75 Å². The van der Waals surface area contributed by atoms with Crippen LogP contribution >= 0.6 is 11.6 Å². The van der Waals surface area contributed by atoms with E-state index >= 15 is 0 Å². The second-order valence-corrected chi connectivity index (χ2v) is 7.95. The van der Waals surface area contributed by atoms with E-state index in [2.05, 4.69) is 50.4 Å². The minimum Gasteiger partial charge on any atom is -0.479 e. The minimum atomic E-state index is -0.578. The number of hydrogen-bond acceptors (Lipinski definition) is 2. The zero-order valence-corrected chi connectivity index (χ0v) is 16.9. The van der Waals surface area contributed by atoms with Crippen LogP contribution in [0.1, 0.15) is 58.2 Å². The number of ether oxygens (including phenoxy) is 1. The molecule has 0 heterocycles. The maximum Gasteiger partial charge on any atom is 0.261 e. The Kier molecular flexibility index (Phi) is 6.71. The first kappa shape index (κ1) is 20.3. The molecule has 0 aliphatic rings. The monoisotopic (exact) mass is 373 g/mol. The van der Waals surface area contributed by atoms with Gasteiger partial charge in [-0.1, -0.05) is 75.7 Å². The lowest BCUT2D eigenvalue weighted by atomic mass is 9.86. The minimum absolute atomic E-state index is 0.0968. The van der Waals surface area contributed by atoms with Crippen LogP contribution in [0.3, 0.4) is 0 Å². The topological polar surface area (TPSA) is 38.3 Å². The third-order valence-electron chi connectivity index (χ3n) is 4.40. The summed E-state index contributed by atoms with van der Waals surface area (Å²) in [7, 11) is 0. The molecule has 0 spiro atoms. The van der Waals surface area contributed by atoms with Gasteiger partial charge in [0.15, 0.2) is 6.10 Å². The Morgan fingerprint density at radius 3 is 2.27 bits per heavy atom. The van der Waals surface area contributed by atoms with Crippen LogP contribution in [-0.4, -0.2) is 12.0 Å². The van der Waals surface area contributed by atoms with Crippen LogP contribution in [0, 0.1) is 0 Å². The number of carbonyl (C=O) groups excluding carboxylic acids is 1. The smallest absolute Gasteiger partial charge is 0.261 e. The van der Waals surface area contributed by atoms with Crippen molar-refractivity contribution in [2.75, 3.05) is 0 Å². The highest BCUT2D eigenvalue weighted by Gasteiger charge is 2.22. The third-order valence-corrected chi connectivity index (χ3v) is 4.72. The molecule has 0 aliphatic heterocycles. The largest absolute Gasteiger partial charge is 0.479 e. The van der Waals surface area contributed by atoms with Crippen molar-refractivity contribution >= 4 is 17.5 Å². The fourth-order valence-corrected chi connectivity index (χ4v) is 2.86. The Balaban J connectivity index is 2.03. The standard InChI is InChI=1S/C22H28ClNO2/c1-6-19(26-20-10-8-7-9-18(20)23)21(25)24-15(2)16-11-13-17(14-12-16)22(3,4)5/h7-15,19H,6H2,1-5H3,(H,24,25)/t15-,19-/m1/s1. The van der Waals surface area contributed by atoms with Crippen LogP contribution in [0.25, 0.3) is 0 Å². The van der Waals surface area contributed by atoms with Gasteiger partial charge in [-0.15, -0.1) is 0 Å². The van der Waals surface area contributed by atoms with E-state index in [1.807, 2.05) is 26.0 Å². The van der Waals surface area contributed by atoms with Gasteiger partial charge in [0, 0.05) is 0 Å². The summed E-state index contributed by atoms with van der Waals surface area (Å²) in [5.41, 5.74) is 2.45. The molecule has 2 rings (SSSR count). The van der Waals surface area contributed by atoms with Gasteiger partial charge in [-0.3, -0.25) is 4.79 Å². The summed E-state index contributed by atoms with van der Waals surface area (Å²) in [5, 5.41) is 3.54. The molecule has 0 radical (unpaired) electrons. The molecule has 0 fully saturated rings. The number of nitrogens with one attached hydrogen (secondary N) is 1. The average Bonchev–Trinajstić information content (AvgIpc) is 2.60. The molecule has 1 amide bonds. The summed E-state index contributed by atoms with van der Waals surface area (Å²) in [6, 6.07) is 15.5. The first-order valence-corrected chi connectivity index (χ1v) is 9.42. The van der Waals surface area contributed by atoms with Crippen LogP contribution in [0.15, 0.2) is 48.5 Å². The lowest BCUT2D eigenvalue weighted by molar-refractivity contribution is -0.128. The highest BCUT2D eigenvalue weighted by atomic mass is 35.5. The number of rotatable bonds is 6. The van der Waals surface area contributed by atoms with E-state index < -0.39 is 6.10 Å². The highest BCUT2D eigenvalue weighted by molar-refractivity contribution is 6.32. The number of carbonyl (C=O) groups is 1. The summed E-state index contributed by atoms with van der Waals surface area (Å²) >= 11 is 6.13. The van der Waals surface area contributed by atoms with E-state index in [1.165, 1.54) is 5.56 Å². The third kappa shape index (κ3) is 5.25. The molecule has 0 saturated heterocycles. The summed E-state index contributed by atoms with van der Waals surface area (Å²) in [6.45, 7) is 10.5. The fraction of sp³-hybridized carbons (Fsp3) is 0.409. The second kappa shape index (κ2) is 8.59. The zero-order chi connectivity index (χ0) is 19.3. The zero-order valence-electron chi connectivity index (χ0n) is 16.2. The number of para-hydroxylation sites is 1. The molecular weight excluding hydrogens is 346 g/mol. The van der Waals surface area contributed by atoms with Gasteiger partial charge in [0.2, 0.25) is 0 Å². The molecule has 0 saturated carbocycles. The average molecular weight is 374 g/mol. The highest BCUT2D eigenvalue weighted by Crippen LogP contribution is 2.26. The van der Waals surface area contributed by atoms with Crippen molar-refractivity contribution in [2.45, 2.75) is 58.6 Å². The van der Waals surface area contributed by atoms with Crippen LogP contribution in [0.4, 0.5) is 0 Å². The van der Waals surface area contributed by atoms with Gasteiger partial charge in [0.1, 0.15) is 5.75 Å². The van der Waals surface area contributed by atoms with E-state index in [0.29, 0.717) is 17.2 Å². The molecular formula is C22H28ClNO2. The lowest BCUT2D eigenvalue weighted by Gasteiger charge is -2.23. The Hall–Kier alpha value is -2.00. The van der Waals surface area contributed by atoms with Gasteiger partial charge in [0.25, 0.3) is 5.91 Å². The first-order valence-electron chi connectivity index (χ1n) is 9.04. The maximum atomic E-state index is 12.6. The number of amides is 1. The molecule has 26 heavy (non-hydrogen) atoms. The molecule has 0 aliphatic carbocycles. The molecule has 2 aromatic carbocycles. The van der Waals surface area contributed by atoms with E-state index in [9.17, 15) is 4.79 Å². The first-order chi connectivity index (χ1) is 12.2. The SMILES string of the molecule is CC[C@@H](Oc1ccccc1Cl)C(=O)N[C@H](C)c1ccc(C(C)(C)C)cc1. The molecule has 3 nitrogen and oxygen atoms in total. The summed E-state index contributed by atoms with van der Waals surface area (Å²) in [4.78, 5) is 12.6. The van der Waals surface area contributed by atoms with Crippen molar-refractivity contribution < 1.29 is 9.53 Å². The molecule has 0 aromatic heterocycles. The Bertz CT molecular complexity index is 735.